The summed E-state index contributed by atoms with van der Waals surface area (Å²) in [4.78, 5) is 24.5. The van der Waals surface area contributed by atoms with Gasteiger partial charge in [-0.05, 0) is 74.9 Å². The molecule has 0 radical (unpaired) electrons. The Hall–Kier alpha value is -2.80. The molecule has 2 fully saturated rings. The zero-order valence-corrected chi connectivity index (χ0v) is 24.5. The van der Waals surface area contributed by atoms with E-state index in [0.29, 0.717) is 38.8 Å². The Balaban J connectivity index is 1.45. The van der Waals surface area contributed by atoms with E-state index < -0.39 is 31.9 Å². The van der Waals surface area contributed by atoms with Crippen LogP contribution in [0, 0.1) is 11.8 Å². The Morgan fingerprint density at radius 1 is 0.675 bits per heavy atom. The van der Waals surface area contributed by atoms with Crippen molar-refractivity contribution in [1.29, 1.82) is 0 Å². The van der Waals surface area contributed by atoms with Gasteiger partial charge in [-0.3, -0.25) is 9.59 Å². The molecule has 10 nitrogen and oxygen atoms in total. The first-order chi connectivity index (χ1) is 19.1. The third kappa shape index (κ3) is 6.56. The SMILES string of the molecule is CCOC(=O)[C@@H]1CCCN(S(=O)(=O)c2ccc(-c3ccc(S(=O)(=O)N4CCC[C@@H](C(=O)OCC)C4)cc3)cc2)C1. The topological polar surface area (TPSA) is 127 Å². The first kappa shape index (κ1) is 30.2. The summed E-state index contributed by atoms with van der Waals surface area (Å²) in [6, 6.07) is 12.8. The van der Waals surface area contributed by atoms with E-state index in [4.69, 9.17) is 9.47 Å². The van der Waals surface area contributed by atoms with Gasteiger partial charge in [-0.2, -0.15) is 8.61 Å². The molecule has 2 atom stereocenters. The van der Waals surface area contributed by atoms with Crippen molar-refractivity contribution in [3.63, 3.8) is 0 Å². The van der Waals surface area contributed by atoms with Crippen LogP contribution in [0.1, 0.15) is 39.5 Å². The number of hydrogen-bond acceptors (Lipinski definition) is 8. The number of esters is 2. The van der Waals surface area contributed by atoms with E-state index in [2.05, 4.69) is 0 Å². The molecule has 0 N–H and O–H groups in total. The number of carbonyl (C=O) groups excluding carboxylic acids is 2. The standard InChI is InChI=1S/C28H36N2O8S2/c1-3-37-27(31)23-7-5-17-29(19-23)39(33,34)25-13-9-21(10-14-25)22-11-15-26(16-12-22)40(35,36)30-18-6-8-24(20-30)28(32)38-4-2/h9-16,23-24H,3-8,17-20H2,1-2H3/t23-,24-/m1/s1. The quantitative estimate of drug-likeness (QED) is 0.406. The molecular weight excluding hydrogens is 556 g/mol. The fraction of sp³-hybridized carbons (Fsp3) is 0.500. The molecule has 12 heteroatoms. The molecule has 2 heterocycles. The average Bonchev–Trinajstić information content (AvgIpc) is 2.97. The maximum Gasteiger partial charge on any atom is 0.310 e. The van der Waals surface area contributed by atoms with E-state index in [-0.39, 0.29) is 48.0 Å². The van der Waals surface area contributed by atoms with Gasteiger partial charge < -0.3 is 9.47 Å². The minimum atomic E-state index is -3.79. The van der Waals surface area contributed by atoms with Crippen molar-refractivity contribution in [2.75, 3.05) is 39.4 Å². The van der Waals surface area contributed by atoms with Gasteiger partial charge in [0.15, 0.2) is 0 Å². The fourth-order valence-corrected chi connectivity index (χ4v) is 8.21. The molecular formula is C28H36N2O8S2. The summed E-state index contributed by atoms with van der Waals surface area (Å²) < 4.78 is 65.8. The van der Waals surface area contributed by atoms with Gasteiger partial charge in [-0.1, -0.05) is 24.3 Å². The summed E-state index contributed by atoms with van der Waals surface area (Å²) in [7, 11) is -7.58. The zero-order valence-electron chi connectivity index (χ0n) is 22.8. The second-order valence-electron chi connectivity index (χ2n) is 9.96. The minimum Gasteiger partial charge on any atom is -0.466 e. The lowest BCUT2D eigenvalue weighted by molar-refractivity contribution is -0.150. The van der Waals surface area contributed by atoms with Crippen LogP contribution >= 0.6 is 0 Å². The number of ether oxygens (including phenoxy) is 2. The van der Waals surface area contributed by atoms with Gasteiger partial charge in [0, 0.05) is 26.2 Å². The lowest BCUT2D eigenvalue weighted by atomic mass is 10.0. The number of hydrogen-bond donors (Lipinski definition) is 0. The number of nitrogens with zero attached hydrogens (tertiary/aromatic N) is 2. The van der Waals surface area contributed by atoms with Crippen molar-refractivity contribution in [2.45, 2.75) is 49.3 Å². The number of benzene rings is 2. The molecule has 0 saturated carbocycles. The summed E-state index contributed by atoms with van der Waals surface area (Å²) in [5, 5.41) is 0. The van der Waals surface area contributed by atoms with Crippen LogP contribution in [0.3, 0.4) is 0 Å². The second-order valence-corrected chi connectivity index (χ2v) is 13.8. The highest BCUT2D eigenvalue weighted by Gasteiger charge is 2.35. The highest BCUT2D eigenvalue weighted by molar-refractivity contribution is 7.89. The van der Waals surface area contributed by atoms with Crippen LogP contribution in [0.5, 0.6) is 0 Å². The van der Waals surface area contributed by atoms with Gasteiger partial charge in [-0.25, -0.2) is 16.8 Å². The summed E-state index contributed by atoms with van der Waals surface area (Å²) >= 11 is 0. The molecule has 218 valence electrons. The van der Waals surface area contributed by atoms with Crippen molar-refractivity contribution >= 4 is 32.0 Å². The van der Waals surface area contributed by atoms with Gasteiger partial charge in [0.05, 0.1) is 34.8 Å². The van der Waals surface area contributed by atoms with Crippen molar-refractivity contribution in [3.8, 4) is 11.1 Å². The van der Waals surface area contributed by atoms with E-state index in [1.807, 2.05) is 0 Å². The minimum absolute atomic E-state index is 0.0937. The summed E-state index contributed by atoms with van der Waals surface area (Å²) in [6.07, 6.45) is 2.35. The molecule has 0 aliphatic carbocycles. The third-order valence-corrected chi connectivity index (χ3v) is 11.1. The average molecular weight is 593 g/mol. The zero-order chi connectivity index (χ0) is 28.9. The fourth-order valence-electron chi connectivity index (χ4n) is 5.16. The first-order valence-corrected chi connectivity index (χ1v) is 16.5. The van der Waals surface area contributed by atoms with E-state index in [1.165, 1.54) is 32.9 Å². The maximum absolute atomic E-state index is 13.2. The summed E-state index contributed by atoms with van der Waals surface area (Å²) in [5.41, 5.74) is 1.46. The highest BCUT2D eigenvalue weighted by atomic mass is 32.2. The van der Waals surface area contributed by atoms with Gasteiger partial charge in [0.25, 0.3) is 0 Å². The van der Waals surface area contributed by atoms with Crippen LogP contribution < -0.4 is 0 Å². The monoisotopic (exact) mass is 592 g/mol. The highest BCUT2D eigenvalue weighted by Crippen LogP contribution is 2.29. The largest absolute Gasteiger partial charge is 0.466 e. The number of carbonyl (C=O) groups is 2. The van der Waals surface area contributed by atoms with Crippen LogP contribution in [0.25, 0.3) is 11.1 Å². The van der Waals surface area contributed by atoms with Gasteiger partial charge >= 0.3 is 11.9 Å². The Bertz CT molecular complexity index is 1300. The van der Waals surface area contributed by atoms with Crippen LogP contribution in [0.2, 0.25) is 0 Å². The Morgan fingerprint density at radius 2 is 1.02 bits per heavy atom. The van der Waals surface area contributed by atoms with E-state index in [1.54, 1.807) is 38.1 Å². The molecule has 2 aromatic rings. The molecule has 0 aromatic heterocycles. The molecule has 2 aliphatic heterocycles. The first-order valence-electron chi connectivity index (χ1n) is 13.6. The Morgan fingerprint density at radius 3 is 1.35 bits per heavy atom. The number of piperidine rings is 2. The normalized spacial score (nSPS) is 21.1. The number of rotatable bonds is 9. The lowest BCUT2D eigenvalue weighted by Gasteiger charge is -2.30. The Kier molecular flexibility index (Phi) is 9.65. The molecule has 2 aromatic carbocycles. The molecule has 0 unspecified atom stereocenters. The third-order valence-electron chi connectivity index (χ3n) is 7.33. The molecule has 0 bridgehead atoms. The van der Waals surface area contributed by atoms with Crippen molar-refractivity contribution in [3.05, 3.63) is 48.5 Å². The van der Waals surface area contributed by atoms with E-state index in [9.17, 15) is 26.4 Å². The van der Waals surface area contributed by atoms with Crippen LogP contribution in [-0.2, 0) is 39.1 Å². The van der Waals surface area contributed by atoms with Crippen molar-refractivity contribution in [1.82, 2.24) is 8.61 Å². The van der Waals surface area contributed by atoms with Crippen LogP contribution in [0.15, 0.2) is 58.3 Å². The van der Waals surface area contributed by atoms with Gasteiger partial charge in [0.1, 0.15) is 0 Å². The maximum atomic E-state index is 13.2. The summed E-state index contributed by atoms with van der Waals surface area (Å²) in [6.45, 7) is 4.82. The molecule has 2 saturated heterocycles. The second kappa shape index (κ2) is 12.8. The number of sulfonamides is 2. The summed E-state index contributed by atoms with van der Waals surface area (Å²) in [5.74, 6) is -1.69. The van der Waals surface area contributed by atoms with Crippen LogP contribution in [-0.4, -0.2) is 76.8 Å². The smallest absolute Gasteiger partial charge is 0.310 e. The molecule has 0 spiro atoms. The molecule has 40 heavy (non-hydrogen) atoms. The predicted molar refractivity (Wildman–Crippen MR) is 148 cm³/mol. The van der Waals surface area contributed by atoms with Gasteiger partial charge in [-0.15, -0.1) is 0 Å². The van der Waals surface area contributed by atoms with Crippen LogP contribution in [0.4, 0.5) is 0 Å². The van der Waals surface area contributed by atoms with Gasteiger partial charge in [0.2, 0.25) is 20.0 Å². The molecule has 0 amide bonds. The molecule has 2 aliphatic rings. The lowest BCUT2D eigenvalue weighted by Crippen LogP contribution is -2.42. The van der Waals surface area contributed by atoms with E-state index >= 15 is 0 Å². The Labute approximate surface area is 236 Å². The van der Waals surface area contributed by atoms with E-state index in [0.717, 1.165) is 11.1 Å². The van der Waals surface area contributed by atoms with Crippen molar-refractivity contribution < 1.29 is 35.9 Å². The molecule has 4 rings (SSSR count). The van der Waals surface area contributed by atoms with Crippen molar-refractivity contribution in [2.24, 2.45) is 11.8 Å². The predicted octanol–water partition coefficient (Wildman–Crippen LogP) is 3.28.